The Bertz CT molecular complexity index is 1540. The Morgan fingerprint density at radius 3 is 2.58 bits per heavy atom. The van der Waals surface area contributed by atoms with Crippen LogP contribution >= 0.6 is 0 Å². The molecule has 0 aliphatic carbocycles. The second-order valence-corrected chi connectivity index (χ2v) is 13.9. The van der Waals surface area contributed by atoms with Gasteiger partial charge in [-0.2, -0.15) is 9.97 Å². The van der Waals surface area contributed by atoms with Crippen molar-refractivity contribution in [2.45, 2.75) is 84.2 Å². The van der Waals surface area contributed by atoms with Crippen LogP contribution in [0.3, 0.4) is 0 Å². The van der Waals surface area contributed by atoms with Gasteiger partial charge in [-0.1, -0.05) is 24.3 Å². The lowest BCUT2D eigenvalue weighted by Gasteiger charge is -2.45. The van der Waals surface area contributed by atoms with Gasteiger partial charge in [0, 0.05) is 60.5 Å². The maximum atomic E-state index is 13.1. The van der Waals surface area contributed by atoms with Crippen LogP contribution in [0.4, 0.5) is 16.3 Å². The van der Waals surface area contributed by atoms with Gasteiger partial charge in [0.2, 0.25) is 0 Å². The molecule has 242 valence electrons. The molecule has 10 nitrogen and oxygen atoms in total. The second kappa shape index (κ2) is 12.5. The highest BCUT2D eigenvalue weighted by atomic mass is 16.6. The van der Waals surface area contributed by atoms with E-state index in [4.69, 9.17) is 24.2 Å². The second-order valence-electron chi connectivity index (χ2n) is 13.9. The lowest BCUT2D eigenvalue weighted by molar-refractivity contribution is 0.0129. The number of amides is 1. The van der Waals surface area contributed by atoms with Crippen molar-refractivity contribution in [1.29, 1.82) is 0 Å². The van der Waals surface area contributed by atoms with Crippen molar-refractivity contribution in [1.82, 2.24) is 19.8 Å². The summed E-state index contributed by atoms with van der Waals surface area (Å²) in [5.41, 5.74) is 2.75. The molecule has 2 fully saturated rings. The normalized spacial score (nSPS) is 22.5. The van der Waals surface area contributed by atoms with Gasteiger partial charge in [0.1, 0.15) is 23.8 Å². The number of aromatic nitrogens is 2. The molecule has 10 heteroatoms. The molecule has 1 unspecified atom stereocenters. The minimum atomic E-state index is -0.539. The summed E-state index contributed by atoms with van der Waals surface area (Å²) in [4.78, 5) is 32.1. The number of carbonyl (C=O) groups is 1. The molecular formula is C35H48N6O4. The number of fused-ring (bicyclic) bond motifs is 2. The summed E-state index contributed by atoms with van der Waals surface area (Å²) >= 11 is 0. The fourth-order valence-corrected chi connectivity index (χ4v) is 6.90. The van der Waals surface area contributed by atoms with Gasteiger partial charge in [0.25, 0.3) is 0 Å². The van der Waals surface area contributed by atoms with Gasteiger partial charge in [0.05, 0.1) is 19.3 Å². The summed E-state index contributed by atoms with van der Waals surface area (Å²) in [5.74, 6) is 1.77. The first-order chi connectivity index (χ1) is 21.5. The summed E-state index contributed by atoms with van der Waals surface area (Å²) in [6.07, 6.45) is 2.83. The summed E-state index contributed by atoms with van der Waals surface area (Å²) in [5, 5.41) is 2.34. The number of likely N-dealkylation sites (N-methyl/N-ethyl adjacent to an activating group) is 1. The van der Waals surface area contributed by atoms with Crippen molar-refractivity contribution in [3.05, 3.63) is 47.7 Å². The predicted molar refractivity (Wildman–Crippen MR) is 178 cm³/mol. The molecule has 0 saturated carbocycles. The Hall–Kier alpha value is -3.79. The smallest absolute Gasteiger partial charge is 0.410 e. The number of methoxy groups -OCH3 is 1. The van der Waals surface area contributed by atoms with E-state index >= 15 is 0 Å². The van der Waals surface area contributed by atoms with Crippen LogP contribution in [0.1, 0.15) is 58.7 Å². The highest BCUT2D eigenvalue weighted by Gasteiger charge is 2.37. The third-order valence-electron chi connectivity index (χ3n) is 9.37. The maximum Gasteiger partial charge on any atom is 0.410 e. The van der Waals surface area contributed by atoms with E-state index in [9.17, 15) is 4.79 Å². The molecule has 0 radical (unpaired) electrons. The third-order valence-corrected chi connectivity index (χ3v) is 9.37. The first kappa shape index (κ1) is 31.2. The van der Waals surface area contributed by atoms with Gasteiger partial charge in [-0.05, 0) is 78.9 Å². The zero-order valence-electron chi connectivity index (χ0n) is 27.9. The van der Waals surface area contributed by atoms with Crippen molar-refractivity contribution < 1.29 is 19.0 Å². The maximum absolute atomic E-state index is 13.1. The predicted octanol–water partition coefficient (Wildman–Crippen LogP) is 5.51. The molecule has 6 rings (SSSR count). The molecule has 1 aromatic heterocycles. The van der Waals surface area contributed by atoms with E-state index in [0.29, 0.717) is 38.3 Å². The van der Waals surface area contributed by atoms with E-state index < -0.39 is 5.60 Å². The van der Waals surface area contributed by atoms with E-state index in [1.807, 2.05) is 25.7 Å². The molecule has 3 aliphatic rings. The van der Waals surface area contributed by atoms with E-state index in [-0.39, 0.29) is 18.2 Å². The number of benzene rings is 2. The van der Waals surface area contributed by atoms with Crippen molar-refractivity contribution >= 4 is 28.4 Å². The van der Waals surface area contributed by atoms with Crippen molar-refractivity contribution in [3.8, 4) is 11.8 Å². The Balaban J connectivity index is 1.32. The van der Waals surface area contributed by atoms with Gasteiger partial charge < -0.3 is 33.8 Å². The average molecular weight is 617 g/mol. The Morgan fingerprint density at radius 1 is 1.04 bits per heavy atom. The van der Waals surface area contributed by atoms with Crippen LogP contribution in [0.25, 0.3) is 10.8 Å². The molecule has 2 saturated heterocycles. The van der Waals surface area contributed by atoms with Crippen molar-refractivity contribution in [3.63, 3.8) is 0 Å². The zero-order valence-corrected chi connectivity index (χ0v) is 27.9. The fourth-order valence-electron chi connectivity index (χ4n) is 6.90. The van der Waals surface area contributed by atoms with Crippen LogP contribution in [0.15, 0.2) is 36.4 Å². The highest BCUT2D eigenvalue weighted by molar-refractivity contribution is 5.95. The summed E-state index contributed by atoms with van der Waals surface area (Å²) < 4.78 is 17.8. The SMILES string of the molecule is COc1cc(N2CCc3c(nc(OC[C@@H]4CCCN4C)nc3N3CC(C)N(C(=O)OC(C)(C)C)C[C@@H]3C)C2)c2ccccc2c1. The average Bonchev–Trinajstić information content (AvgIpc) is 3.43. The number of hydrogen-bond acceptors (Lipinski definition) is 9. The highest BCUT2D eigenvalue weighted by Crippen LogP contribution is 2.37. The van der Waals surface area contributed by atoms with Crippen LogP contribution < -0.4 is 19.3 Å². The topological polar surface area (TPSA) is 83.5 Å². The van der Waals surface area contributed by atoms with Crippen LogP contribution in [0.2, 0.25) is 0 Å². The molecule has 0 spiro atoms. The van der Waals surface area contributed by atoms with Crippen molar-refractivity contribution in [2.24, 2.45) is 0 Å². The number of likely N-dealkylation sites (tertiary alicyclic amines) is 1. The van der Waals surface area contributed by atoms with E-state index in [0.717, 1.165) is 59.8 Å². The molecule has 1 amide bonds. The van der Waals surface area contributed by atoms with E-state index in [2.05, 4.69) is 72.0 Å². The molecule has 3 aliphatic heterocycles. The summed E-state index contributed by atoms with van der Waals surface area (Å²) in [6.45, 7) is 14.3. The first-order valence-corrected chi connectivity index (χ1v) is 16.3. The number of ether oxygens (including phenoxy) is 3. The number of hydrogen-bond donors (Lipinski definition) is 0. The Morgan fingerprint density at radius 2 is 1.84 bits per heavy atom. The number of carbonyl (C=O) groups excluding carboxylic acids is 1. The molecule has 3 atom stereocenters. The molecule has 2 aromatic carbocycles. The molecule has 0 bridgehead atoms. The van der Waals surface area contributed by atoms with E-state index in [1.54, 1.807) is 7.11 Å². The van der Waals surface area contributed by atoms with Crippen LogP contribution in [-0.4, -0.2) is 96.5 Å². The van der Waals surface area contributed by atoms with Gasteiger partial charge in [-0.15, -0.1) is 0 Å². The number of piperazine rings is 1. The summed E-state index contributed by atoms with van der Waals surface area (Å²) in [6, 6.07) is 13.5. The molecule has 45 heavy (non-hydrogen) atoms. The number of rotatable bonds is 6. The van der Waals surface area contributed by atoms with Gasteiger partial charge in [-0.3, -0.25) is 0 Å². The largest absolute Gasteiger partial charge is 0.497 e. The molecular weight excluding hydrogens is 568 g/mol. The lowest BCUT2D eigenvalue weighted by atomic mass is 10.0. The first-order valence-electron chi connectivity index (χ1n) is 16.3. The van der Waals surface area contributed by atoms with Crippen molar-refractivity contribution in [2.75, 3.05) is 56.7 Å². The molecule has 0 N–H and O–H groups in total. The van der Waals surface area contributed by atoms with Crippen LogP contribution in [0, 0.1) is 0 Å². The lowest BCUT2D eigenvalue weighted by Crippen LogP contribution is -2.59. The standard InChI is InChI=1S/C35H48N6O4/c1-23-20-41(34(42)45-35(3,4)5)24(2)19-40(23)32-29-14-16-39(31-18-27(43-7)17-25-11-8-9-13-28(25)31)21-30(29)36-33(37-32)44-22-26-12-10-15-38(26)6/h8-9,11,13,17-18,23-24,26H,10,12,14-16,19-22H2,1-7H3/t23-,24?,26-/m0/s1. The summed E-state index contributed by atoms with van der Waals surface area (Å²) in [7, 11) is 3.87. The van der Waals surface area contributed by atoms with Gasteiger partial charge in [0.15, 0.2) is 0 Å². The molecule has 3 aromatic rings. The Labute approximate surface area is 267 Å². The minimum Gasteiger partial charge on any atom is -0.497 e. The zero-order chi connectivity index (χ0) is 31.9. The van der Waals surface area contributed by atoms with Gasteiger partial charge in [-0.25, -0.2) is 4.79 Å². The quantitative estimate of drug-likeness (QED) is 0.356. The Kier molecular flexibility index (Phi) is 8.70. The number of nitrogens with zero attached hydrogens (tertiary/aromatic N) is 6. The van der Waals surface area contributed by atoms with Crippen LogP contribution in [-0.2, 0) is 17.7 Å². The fraction of sp³-hybridized carbons (Fsp3) is 0.571. The minimum absolute atomic E-state index is 0.0404. The van der Waals surface area contributed by atoms with E-state index in [1.165, 1.54) is 11.8 Å². The van der Waals surface area contributed by atoms with Gasteiger partial charge >= 0.3 is 12.1 Å². The monoisotopic (exact) mass is 616 g/mol. The molecule has 4 heterocycles. The van der Waals surface area contributed by atoms with Crippen LogP contribution in [0.5, 0.6) is 11.8 Å². The number of anilines is 2. The third kappa shape index (κ3) is 6.61.